The molecule has 3 nitrogen and oxygen atoms in total. The molecule has 0 aromatic heterocycles. The van der Waals surface area contributed by atoms with Gasteiger partial charge in [-0.2, -0.15) is 0 Å². The van der Waals surface area contributed by atoms with Crippen LogP contribution >= 0.6 is 46.4 Å². The molecule has 0 aliphatic rings. The van der Waals surface area contributed by atoms with Crippen molar-refractivity contribution in [2.75, 3.05) is 12.4 Å². The first-order valence-electron chi connectivity index (χ1n) is 6.44. The molecular weight excluding hydrogens is 378 g/mol. The van der Waals surface area contributed by atoms with Crippen molar-refractivity contribution in [3.8, 4) is 0 Å². The molecule has 0 saturated heterocycles. The maximum absolute atomic E-state index is 5.96. The highest BCUT2D eigenvalue weighted by Gasteiger charge is 2.00. The molecule has 2 rings (SSSR count). The molecule has 0 saturated carbocycles. The molecule has 0 atom stereocenters. The zero-order valence-corrected chi connectivity index (χ0v) is 15.0. The fraction of sp³-hybridized carbons (Fsp3) is 0.0625. The Labute approximate surface area is 154 Å². The van der Waals surface area contributed by atoms with Gasteiger partial charge in [0.2, 0.25) is 0 Å². The highest BCUT2D eigenvalue weighted by Crippen LogP contribution is 2.27. The number of nitrogens with one attached hydrogen (secondary N) is 1. The fourth-order valence-electron chi connectivity index (χ4n) is 1.59. The van der Waals surface area contributed by atoms with Gasteiger partial charge in [-0.15, -0.1) is 0 Å². The van der Waals surface area contributed by atoms with Crippen molar-refractivity contribution < 1.29 is 4.74 Å². The number of hydrogen-bond donors (Lipinski definition) is 1. The van der Waals surface area contributed by atoms with Crippen LogP contribution in [-0.2, 0) is 4.74 Å². The second-order valence-electron chi connectivity index (χ2n) is 4.38. The van der Waals surface area contributed by atoms with E-state index in [1.54, 1.807) is 55.9 Å². The maximum Gasteiger partial charge on any atom is 0.153 e. The first kappa shape index (κ1) is 18.0. The Balaban J connectivity index is 2.10. The van der Waals surface area contributed by atoms with Crippen molar-refractivity contribution in [2.45, 2.75) is 0 Å². The zero-order valence-electron chi connectivity index (χ0n) is 12.0. The Morgan fingerprint density at radius 2 is 1.61 bits per heavy atom. The summed E-state index contributed by atoms with van der Waals surface area (Å²) in [4.78, 5) is 4.27. The summed E-state index contributed by atoms with van der Waals surface area (Å²) in [6, 6.07) is 10.3. The topological polar surface area (TPSA) is 33.6 Å². The Morgan fingerprint density at radius 3 is 2.22 bits per heavy atom. The van der Waals surface area contributed by atoms with Gasteiger partial charge in [-0.25, -0.2) is 0 Å². The lowest BCUT2D eigenvalue weighted by Crippen LogP contribution is -1.95. The van der Waals surface area contributed by atoms with Crippen molar-refractivity contribution in [1.29, 1.82) is 0 Å². The molecule has 1 N–H and O–H groups in total. The lowest BCUT2D eigenvalue weighted by atomic mass is 10.3. The first-order valence-corrected chi connectivity index (χ1v) is 7.95. The summed E-state index contributed by atoms with van der Waals surface area (Å²) in [6.07, 6.45) is 3.21. The number of allylic oxidation sites excluding steroid dienone is 1. The summed E-state index contributed by atoms with van der Waals surface area (Å²) in [7, 11) is 1.54. The minimum Gasteiger partial charge on any atom is -0.494 e. The van der Waals surface area contributed by atoms with Crippen LogP contribution in [0.25, 0.3) is 0 Å². The standard InChI is InChI=1S/C16H12Cl4N2O/c1-23-12(8-21-10-2-4-13(17)15(19)6-10)9-22-11-3-5-14(18)16(20)7-11/h2-9,21H,1H3/b12-8+,22-9?. The van der Waals surface area contributed by atoms with E-state index in [4.69, 9.17) is 51.1 Å². The molecule has 0 radical (unpaired) electrons. The molecule has 7 heteroatoms. The van der Waals surface area contributed by atoms with E-state index in [2.05, 4.69) is 10.3 Å². The number of methoxy groups -OCH3 is 1. The Morgan fingerprint density at radius 1 is 0.957 bits per heavy atom. The van der Waals surface area contributed by atoms with E-state index < -0.39 is 0 Å². The Kier molecular flexibility index (Phi) is 6.60. The largest absolute Gasteiger partial charge is 0.494 e. The number of nitrogens with zero attached hydrogens (tertiary/aromatic N) is 1. The number of ether oxygens (including phenoxy) is 1. The number of aliphatic imine (C=N–C) groups is 1. The van der Waals surface area contributed by atoms with Crippen molar-refractivity contribution >= 4 is 64.0 Å². The quantitative estimate of drug-likeness (QED) is 0.461. The molecule has 0 heterocycles. The number of anilines is 1. The molecule has 0 unspecified atom stereocenters. The molecule has 0 aliphatic carbocycles. The van der Waals surface area contributed by atoms with Gasteiger partial charge in [0.15, 0.2) is 5.76 Å². The molecule has 0 spiro atoms. The normalized spacial score (nSPS) is 11.8. The van der Waals surface area contributed by atoms with E-state index in [0.29, 0.717) is 31.5 Å². The zero-order chi connectivity index (χ0) is 16.8. The summed E-state index contributed by atoms with van der Waals surface area (Å²) < 4.78 is 5.23. The van der Waals surface area contributed by atoms with Gasteiger partial charge in [0.1, 0.15) is 0 Å². The van der Waals surface area contributed by atoms with Crippen LogP contribution in [-0.4, -0.2) is 13.3 Å². The summed E-state index contributed by atoms with van der Waals surface area (Å²) in [5, 5.41) is 4.94. The maximum atomic E-state index is 5.96. The average molecular weight is 390 g/mol. The van der Waals surface area contributed by atoms with Gasteiger partial charge in [0.05, 0.1) is 39.1 Å². The minimum absolute atomic E-state index is 0.443. The monoisotopic (exact) mass is 388 g/mol. The summed E-state index contributed by atoms with van der Waals surface area (Å²) in [5.41, 5.74) is 1.44. The van der Waals surface area contributed by atoms with Crippen LogP contribution in [0.3, 0.4) is 0 Å². The third-order valence-electron chi connectivity index (χ3n) is 2.78. The second-order valence-corrected chi connectivity index (χ2v) is 6.01. The van der Waals surface area contributed by atoms with Gasteiger partial charge in [0.25, 0.3) is 0 Å². The highest BCUT2D eigenvalue weighted by molar-refractivity contribution is 6.42. The third-order valence-corrected chi connectivity index (χ3v) is 4.26. The van der Waals surface area contributed by atoms with Crippen LogP contribution in [0, 0.1) is 0 Å². The van der Waals surface area contributed by atoms with Crippen LogP contribution in [0.1, 0.15) is 0 Å². The molecule has 2 aromatic carbocycles. The van der Waals surface area contributed by atoms with E-state index in [9.17, 15) is 0 Å². The van der Waals surface area contributed by atoms with Crippen LogP contribution < -0.4 is 5.32 Å². The SMILES string of the molecule is CO/C(C=Nc1ccc(Cl)c(Cl)c1)=C/Nc1ccc(Cl)c(Cl)c1. The van der Waals surface area contributed by atoms with Gasteiger partial charge < -0.3 is 10.1 Å². The van der Waals surface area contributed by atoms with Gasteiger partial charge in [-0.3, -0.25) is 4.99 Å². The molecule has 23 heavy (non-hydrogen) atoms. The fourth-order valence-corrected chi connectivity index (χ4v) is 2.18. The molecular formula is C16H12Cl4N2O. The van der Waals surface area contributed by atoms with E-state index in [1.165, 1.54) is 0 Å². The van der Waals surface area contributed by atoms with Crippen molar-refractivity contribution in [3.63, 3.8) is 0 Å². The van der Waals surface area contributed by atoms with Crippen LogP contribution in [0.2, 0.25) is 20.1 Å². The van der Waals surface area contributed by atoms with Crippen LogP contribution in [0.4, 0.5) is 11.4 Å². The molecule has 120 valence electrons. The van der Waals surface area contributed by atoms with Gasteiger partial charge in [-0.05, 0) is 36.4 Å². The van der Waals surface area contributed by atoms with Crippen molar-refractivity contribution in [3.05, 3.63) is 68.4 Å². The van der Waals surface area contributed by atoms with Gasteiger partial charge >= 0.3 is 0 Å². The molecule has 0 amide bonds. The summed E-state index contributed by atoms with van der Waals surface area (Å²) in [5.74, 6) is 0.516. The molecule has 0 fully saturated rings. The lowest BCUT2D eigenvalue weighted by molar-refractivity contribution is 0.317. The number of halogens is 4. The van der Waals surface area contributed by atoms with Gasteiger partial charge in [-0.1, -0.05) is 46.4 Å². The predicted octanol–water partition coefficient (Wildman–Crippen LogP) is 6.60. The van der Waals surface area contributed by atoms with Crippen LogP contribution in [0.5, 0.6) is 0 Å². The Hall–Kier alpha value is -1.39. The van der Waals surface area contributed by atoms with E-state index >= 15 is 0 Å². The first-order chi connectivity index (χ1) is 11.0. The second kappa shape index (κ2) is 8.46. The molecule has 0 aliphatic heterocycles. The summed E-state index contributed by atoms with van der Waals surface area (Å²) in [6.45, 7) is 0. The number of benzene rings is 2. The third kappa shape index (κ3) is 5.33. The smallest absolute Gasteiger partial charge is 0.153 e. The van der Waals surface area contributed by atoms with Crippen molar-refractivity contribution in [2.24, 2.45) is 4.99 Å². The van der Waals surface area contributed by atoms with E-state index in [0.717, 1.165) is 5.69 Å². The molecule has 2 aromatic rings. The Bertz CT molecular complexity index is 760. The van der Waals surface area contributed by atoms with Gasteiger partial charge in [0, 0.05) is 11.9 Å². The highest BCUT2D eigenvalue weighted by atomic mass is 35.5. The number of hydrogen-bond acceptors (Lipinski definition) is 3. The molecule has 0 bridgehead atoms. The minimum atomic E-state index is 0.443. The predicted molar refractivity (Wildman–Crippen MR) is 99.8 cm³/mol. The lowest BCUT2D eigenvalue weighted by Gasteiger charge is -2.05. The number of rotatable bonds is 5. The average Bonchev–Trinajstić information content (AvgIpc) is 2.54. The van der Waals surface area contributed by atoms with Crippen LogP contribution in [0.15, 0.2) is 53.3 Å². The van der Waals surface area contributed by atoms with Crippen molar-refractivity contribution in [1.82, 2.24) is 0 Å². The van der Waals surface area contributed by atoms with E-state index in [1.807, 2.05) is 0 Å². The van der Waals surface area contributed by atoms with E-state index in [-0.39, 0.29) is 0 Å². The summed E-state index contributed by atoms with van der Waals surface area (Å²) >= 11 is 23.6.